The van der Waals surface area contributed by atoms with Gasteiger partial charge in [0.2, 0.25) is 5.95 Å². The lowest BCUT2D eigenvalue weighted by Gasteiger charge is -2.18. The minimum Gasteiger partial charge on any atom is -0.406 e. The predicted octanol–water partition coefficient (Wildman–Crippen LogP) is 4.21. The van der Waals surface area contributed by atoms with Gasteiger partial charge < -0.3 is 25.5 Å². The first-order chi connectivity index (χ1) is 15.8. The van der Waals surface area contributed by atoms with Crippen LogP contribution in [0.25, 0.3) is 0 Å². The molecule has 0 aliphatic carbocycles. The molecule has 0 amide bonds. The maximum absolute atomic E-state index is 14.2. The number of aliphatic hydroxyl groups is 1. The Labute approximate surface area is 186 Å². The number of hydrazine groups is 1. The molecule has 4 N–H and O–H groups in total. The smallest absolute Gasteiger partial charge is 0.406 e. The van der Waals surface area contributed by atoms with Crippen LogP contribution in [0, 0.1) is 5.82 Å². The van der Waals surface area contributed by atoms with Crippen molar-refractivity contribution >= 4 is 28.8 Å². The van der Waals surface area contributed by atoms with Gasteiger partial charge in [-0.25, -0.2) is 14.8 Å². The fourth-order valence-electron chi connectivity index (χ4n) is 3.31. The molecular weight excluding hydrogens is 444 g/mol. The van der Waals surface area contributed by atoms with Crippen LogP contribution in [0.2, 0.25) is 0 Å². The van der Waals surface area contributed by atoms with Crippen molar-refractivity contribution in [2.45, 2.75) is 19.3 Å². The first kappa shape index (κ1) is 22.6. The van der Waals surface area contributed by atoms with Crippen LogP contribution in [0.4, 0.5) is 46.4 Å². The van der Waals surface area contributed by atoms with Gasteiger partial charge in [-0.3, -0.25) is 0 Å². The first-order valence-electron chi connectivity index (χ1n) is 9.98. The SMILES string of the molecule is OCCCN1NCc2cc(Nc3ncc(F)c(Nc4cccc(OC(F)(F)F)c4)n3)ccc21. The third-order valence-electron chi connectivity index (χ3n) is 4.70. The van der Waals surface area contributed by atoms with Gasteiger partial charge in [0.05, 0.1) is 11.9 Å². The van der Waals surface area contributed by atoms with Crippen LogP contribution in [-0.4, -0.2) is 34.6 Å². The van der Waals surface area contributed by atoms with Gasteiger partial charge >= 0.3 is 6.36 Å². The second-order valence-electron chi connectivity index (χ2n) is 7.12. The number of aromatic nitrogens is 2. The molecule has 2 aromatic carbocycles. The van der Waals surface area contributed by atoms with Crippen LogP contribution in [-0.2, 0) is 6.54 Å². The molecule has 8 nitrogen and oxygen atoms in total. The molecule has 0 unspecified atom stereocenters. The second kappa shape index (κ2) is 9.46. The van der Waals surface area contributed by atoms with Crippen molar-refractivity contribution in [3.8, 4) is 5.75 Å². The predicted molar refractivity (Wildman–Crippen MR) is 114 cm³/mol. The molecule has 0 atom stereocenters. The average Bonchev–Trinajstić information content (AvgIpc) is 3.16. The van der Waals surface area contributed by atoms with E-state index in [1.807, 2.05) is 23.2 Å². The van der Waals surface area contributed by atoms with Crippen LogP contribution in [0.1, 0.15) is 12.0 Å². The van der Waals surface area contributed by atoms with Gasteiger partial charge in [0.25, 0.3) is 0 Å². The maximum Gasteiger partial charge on any atom is 0.573 e. The third kappa shape index (κ3) is 5.79. The van der Waals surface area contributed by atoms with E-state index in [0.717, 1.165) is 29.6 Å². The summed E-state index contributed by atoms with van der Waals surface area (Å²) in [5.74, 6) is -1.33. The molecule has 0 saturated heterocycles. The highest BCUT2D eigenvalue weighted by atomic mass is 19.4. The number of alkyl halides is 3. The summed E-state index contributed by atoms with van der Waals surface area (Å²) in [6, 6.07) is 10.6. The number of ether oxygens (including phenoxy) is 1. The van der Waals surface area contributed by atoms with Crippen molar-refractivity contribution in [1.29, 1.82) is 0 Å². The quantitative estimate of drug-likeness (QED) is 0.369. The Morgan fingerprint density at radius 3 is 2.73 bits per heavy atom. The summed E-state index contributed by atoms with van der Waals surface area (Å²) in [6.45, 7) is 1.39. The van der Waals surface area contributed by atoms with Gasteiger partial charge in [-0.1, -0.05) is 6.07 Å². The minimum absolute atomic E-state index is 0.102. The molecule has 2 heterocycles. The zero-order valence-electron chi connectivity index (χ0n) is 17.2. The maximum atomic E-state index is 14.2. The fourth-order valence-corrected chi connectivity index (χ4v) is 3.31. The van der Waals surface area contributed by atoms with Crippen molar-refractivity contribution in [1.82, 2.24) is 15.4 Å². The van der Waals surface area contributed by atoms with Crippen LogP contribution in [0.15, 0.2) is 48.7 Å². The molecule has 0 spiro atoms. The summed E-state index contributed by atoms with van der Waals surface area (Å²) in [7, 11) is 0. The van der Waals surface area contributed by atoms with Gasteiger partial charge in [-0.2, -0.15) is 4.98 Å². The van der Waals surface area contributed by atoms with Crippen molar-refractivity contribution in [2.24, 2.45) is 0 Å². The summed E-state index contributed by atoms with van der Waals surface area (Å²) < 4.78 is 55.4. The Kier molecular flexibility index (Phi) is 6.47. The number of benzene rings is 2. The standard InChI is InChI=1S/C21H20F4N6O2/c22-17-12-26-20(29-15-5-6-18-13(9-15)11-27-31(18)7-2-8-32)30-19(17)28-14-3-1-4-16(10-14)33-21(23,24)25/h1,3-6,9-10,12,27,32H,2,7-8,11H2,(H2,26,28,29,30). The molecule has 33 heavy (non-hydrogen) atoms. The molecule has 1 aliphatic rings. The lowest BCUT2D eigenvalue weighted by atomic mass is 10.1. The summed E-state index contributed by atoms with van der Waals surface area (Å²) in [6.07, 6.45) is -3.24. The number of hydrogen-bond donors (Lipinski definition) is 4. The van der Waals surface area contributed by atoms with Crippen LogP contribution < -0.4 is 25.8 Å². The zero-order chi connectivity index (χ0) is 23.4. The number of aliphatic hydroxyl groups excluding tert-OH is 1. The number of halogens is 4. The molecule has 0 fully saturated rings. The molecule has 12 heteroatoms. The van der Waals surface area contributed by atoms with E-state index in [4.69, 9.17) is 5.11 Å². The molecule has 174 valence electrons. The summed E-state index contributed by atoms with van der Waals surface area (Å²) in [5, 5.41) is 16.6. The van der Waals surface area contributed by atoms with Crippen molar-refractivity contribution in [3.63, 3.8) is 0 Å². The highest BCUT2D eigenvalue weighted by Gasteiger charge is 2.31. The van der Waals surface area contributed by atoms with E-state index in [9.17, 15) is 17.6 Å². The van der Waals surface area contributed by atoms with E-state index in [1.54, 1.807) is 0 Å². The highest BCUT2D eigenvalue weighted by molar-refractivity contribution is 5.66. The highest BCUT2D eigenvalue weighted by Crippen LogP contribution is 2.30. The number of nitrogens with zero attached hydrogens (tertiary/aromatic N) is 3. The van der Waals surface area contributed by atoms with Crippen molar-refractivity contribution in [2.75, 3.05) is 28.8 Å². The Balaban J connectivity index is 1.48. The number of hydrogen-bond acceptors (Lipinski definition) is 8. The van der Waals surface area contributed by atoms with Crippen molar-refractivity contribution < 1.29 is 27.4 Å². The number of rotatable bonds is 8. The molecule has 0 bridgehead atoms. The largest absolute Gasteiger partial charge is 0.573 e. The summed E-state index contributed by atoms with van der Waals surface area (Å²) >= 11 is 0. The monoisotopic (exact) mass is 464 g/mol. The Morgan fingerprint density at radius 1 is 1.12 bits per heavy atom. The average molecular weight is 464 g/mol. The molecular formula is C21H20F4N6O2. The second-order valence-corrected chi connectivity index (χ2v) is 7.12. The lowest BCUT2D eigenvalue weighted by molar-refractivity contribution is -0.274. The Morgan fingerprint density at radius 2 is 1.94 bits per heavy atom. The molecule has 0 radical (unpaired) electrons. The lowest BCUT2D eigenvalue weighted by Crippen LogP contribution is -2.33. The molecule has 4 rings (SSSR count). The van der Waals surface area contributed by atoms with E-state index >= 15 is 0 Å². The number of nitrogens with one attached hydrogen (secondary N) is 3. The Bertz CT molecular complexity index is 1130. The van der Waals surface area contributed by atoms with Gasteiger partial charge in [0.1, 0.15) is 5.75 Å². The van der Waals surface area contributed by atoms with E-state index < -0.39 is 17.9 Å². The molecule has 0 saturated carbocycles. The van der Waals surface area contributed by atoms with E-state index in [1.165, 1.54) is 12.1 Å². The number of fused-ring (bicyclic) bond motifs is 1. The normalized spacial score (nSPS) is 13.1. The first-order valence-corrected chi connectivity index (χ1v) is 9.98. The van der Waals surface area contributed by atoms with Crippen LogP contribution >= 0.6 is 0 Å². The van der Waals surface area contributed by atoms with Crippen molar-refractivity contribution in [3.05, 3.63) is 60.0 Å². The topological polar surface area (TPSA) is 94.6 Å². The van der Waals surface area contributed by atoms with Crippen LogP contribution in [0.5, 0.6) is 5.75 Å². The number of anilines is 5. The van der Waals surface area contributed by atoms with Gasteiger partial charge in [0, 0.05) is 37.1 Å². The van der Waals surface area contributed by atoms with E-state index in [0.29, 0.717) is 25.2 Å². The van der Waals surface area contributed by atoms with Gasteiger partial charge in [-0.05, 0) is 42.3 Å². The van der Waals surface area contributed by atoms with E-state index in [2.05, 4.69) is 30.8 Å². The minimum atomic E-state index is -4.84. The summed E-state index contributed by atoms with van der Waals surface area (Å²) in [5.41, 5.74) is 6.10. The molecule has 3 aromatic rings. The molecule has 1 aromatic heterocycles. The zero-order valence-corrected chi connectivity index (χ0v) is 17.2. The third-order valence-corrected chi connectivity index (χ3v) is 4.70. The van der Waals surface area contributed by atoms with E-state index in [-0.39, 0.29) is 24.1 Å². The van der Waals surface area contributed by atoms with Crippen LogP contribution in [0.3, 0.4) is 0 Å². The fraction of sp³-hybridized carbons (Fsp3) is 0.238. The van der Waals surface area contributed by atoms with Gasteiger partial charge in [-0.15, -0.1) is 13.2 Å². The van der Waals surface area contributed by atoms with Gasteiger partial charge in [0.15, 0.2) is 11.6 Å². The molecule has 1 aliphatic heterocycles. The Hall–Kier alpha value is -3.64. The summed E-state index contributed by atoms with van der Waals surface area (Å²) in [4.78, 5) is 8.02.